The largest absolute Gasteiger partial charge is 0.465 e. The highest BCUT2D eigenvalue weighted by atomic mass is 16.7. The molecule has 0 amide bonds. The number of aliphatic hydroxyl groups is 2. The first-order chi connectivity index (χ1) is 5.76. The number of hydrogen-bond acceptors (Lipinski definition) is 4. The first-order valence-corrected chi connectivity index (χ1v) is 3.90. The Hall–Kier alpha value is -0.740. The Labute approximate surface area is 71.4 Å². The summed E-state index contributed by atoms with van der Waals surface area (Å²) in [5.74, 6) is 0.465. The van der Waals surface area contributed by atoms with Crippen LogP contribution in [0.15, 0.2) is 12.0 Å². The van der Waals surface area contributed by atoms with E-state index in [2.05, 4.69) is 0 Å². The molecule has 0 saturated carbocycles. The molecule has 0 bridgehead atoms. The summed E-state index contributed by atoms with van der Waals surface area (Å²) in [4.78, 5) is 0. The molecule has 1 saturated heterocycles. The van der Waals surface area contributed by atoms with E-state index < -0.39 is 5.41 Å². The Morgan fingerprint density at radius 3 is 2.17 bits per heavy atom. The molecule has 1 rings (SSSR count). The van der Waals surface area contributed by atoms with E-state index >= 15 is 0 Å². The van der Waals surface area contributed by atoms with Gasteiger partial charge in [0.25, 0.3) is 5.95 Å². The molecule has 4 nitrogen and oxygen atoms in total. The molecule has 70 valence electrons. The zero-order valence-corrected chi connectivity index (χ0v) is 7.12. The van der Waals surface area contributed by atoms with Crippen molar-refractivity contribution in [3.8, 4) is 0 Å². The van der Waals surface area contributed by atoms with Gasteiger partial charge in [-0.15, -0.1) is 0 Å². The van der Waals surface area contributed by atoms with Gasteiger partial charge in [0, 0.05) is 0 Å². The van der Waals surface area contributed by atoms with E-state index in [1.165, 1.54) is 0 Å². The van der Waals surface area contributed by atoms with E-state index in [9.17, 15) is 0 Å². The molecule has 0 atom stereocenters. The van der Waals surface area contributed by atoms with Crippen molar-refractivity contribution in [3.05, 3.63) is 12.0 Å². The molecule has 2 N–H and O–H groups in total. The maximum absolute atomic E-state index is 8.96. The third-order valence-corrected chi connectivity index (χ3v) is 1.95. The van der Waals surface area contributed by atoms with Crippen molar-refractivity contribution in [2.75, 3.05) is 26.4 Å². The number of aliphatic hydroxyl groups excluding tert-OH is 2. The van der Waals surface area contributed by atoms with Gasteiger partial charge < -0.3 is 19.7 Å². The Morgan fingerprint density at radius 1 is 1.33 bits per heavy atom. The monoisotopic (exact) mass is 174 g/mol. The minimum absolute atomic E-state index is 0.125. The average Bonchev–Trinajstić information content (AvgIpc) is 2.18. The molecule has 0 unspecified atom stereocenters. The summed E-state index contributed by atoms with van der Waals surface area (Å²) < 4.78 is 10.3. The van der Waals surface area contributed by atoms with Gasteiger partial charge in [0.15, 0.2) is 0 Å². The minimum atomic E-state index is -0.632. The molecular weight excluding hydrogens is 160 g/mol. The highest BCUT2D eigenvalue weighted by Crippen LogP contribution is 2.24. The van der Waals surface area contributed by atoms with Crippen molar-refractivity contribution in [3.63, 3.8) is 0 Å². The van der Waals surface area contributed by atoms with Crippen LogP contribution in [0.2, 0.25) is 0 Å². The van der Waals surface area contributed by atoms with E-state index in [0.717, 1.165) is 0 Å². The van der Waals surface area contributed by atoms with Crippen LogP contribution < -0.4 is 0 Å². The molecule has 0 spiro atoms. The third-order valence-electron chi connectivity index (χ3n) is 1.95. The Bertz CT molecular complexity index is 160. The molecule has 1 aliphatic heterocycles. The summed E-state index contributed by atoms with van der Waals surface area (Å²) >= 11 is 0. The molecular formula is C8H14O4. The fourth-order valence-corrected chi connectivity index (χ4v) is 0.931. The van der Waals surface area contributed by atoms with Crippen LogP contribution in [0.3, 0.4) is 0 Å². The topological polar surface area (TPSA) is 58.9 Å². The lowest BCUT2D eigenvalue weighted by Gasteiger charge is -2.34. The van der Waals surface area contributed by atoms with Crippen molar-refractivity contribution in [2.24, 2.45) is 5.41 Å². The predicted octanol–water partition coefficient (Wildman–Crippen LogP) is -0.134. The van der Waals surface area contributed by atoms with Crippen molar-refractivity contribution in [1.29, 1.82) is 0 Å². The van der Waals surface area contributed by atoms with Gasteiger partial charge in [-0.1, -0.05) is 0 Å². The van der Waals surface area contributed by atoms with E-state index in [1.807, 2.05) is 0 Å². The quantitative estimate of drug-likeness (QED) is 0.612. The van der Waals surface area contributed by atoms with Crippen LogP contribution in [0.25, 0.3) is 0 Å². The van der Waals surface area contributed by atoms with Gasteiger partial charge in [-0.05, 0) is 13.0 Å². The van der Waals surface area contributed by atoms with Crippen molar-refractivity contribution < 1.29 is 19.7 Å². The number of allylic oxidation sites excluding steroid dienone is 1. The smallest absolute Gasteiger partial charge is 0.274 e. The molecule has 0 aromatic heterocycles. The predicted molar refractivity (Wildman–Crippen MR) is 42.3 cm³/mol. The summed E-state index contributed by atoms with van der Waals surface area (Å²) in [7, 11) is 0. The molecule has 1 heterocycles. The maximum Gasteiger partial charge on any atom is 0.274 e. The van der Waals surface area contributed by atoms with Gasteiger partial charge in [0.05, 0.1) is 18.6 Å². The summed E-state index contributed by atoms with van der Waals surface area (Å²) in [6.07, 6.45) is 1.71. The molecule has 0 aromatic carbocycles. The summed E-state index contributed by atoms with van der Waals surface area (Å²) in [5.41, 5.74) is -0.632. The second kappa shape index (κ2) is 3.78. The molecule has 1 aliphatic rings. The fourth-order valence-electron chi connectivity index (χ4n) is 0.931. The molecule has 0 radical (unpaired) electrons. The number of hydrogen-bond donors (Lipinski definition) is 2. The number of ether oxygens (including phenoxy) is 2. The first-order valence-electron chi connectivity index (χ1n) is 3.90. The second-order valence-corrected chi connectivity index (χ2v) is 3.00. The third kappa shape index (κ3) is 1.70. The summed E-state index contributed by atoms with van der Waals surface area (Å²) in [6, 6.07) is 0. The molecule has 0 aliphatic carbocycles. The normalized spacial score (nSPS) is 21.1. The highest BCUT2D eigenvalue weighted by Gasteiger charge is 2.35. The van der Waals surface area contributed by atoms with Crippen molar-refractivity contribution >= 4 is 0 Å². The molecule has 4 heteroatoms. The van der Waals surface area contributed by atoms with E-state index in [0.29, 0.717) is 19.2 Å². The van der Waals surface area contributed by atoms with Crippen LogP contribution in [0.5, 0.6) is 0 Å². The second-order valence-electron chi connectivity index (χ2n) is 3.00. The lowest BCUT2D eigenvalue weighted by molar-refractivity contribution is -0.134. The number of rotatable bonds is 2. The van der Waals surface area contributed by atoms with Crippen LogP contribution in [-0.4, -0.2) is 36.6 Å². The lowest BCUT2D eigenvalue weighted by atomic mass is 9.92. The van der Waals surface area contributed by atoms with Gasteiger partial charge >= 0.3 is 0 Å². The van der Waals surface area contributed by atoms with Gasteiger partial charge in [0.1, 0.15) is 13.2 Å². The van der Waals surface area contributed by atoms with Crippen LogP contribution in [-0.2, 0) is 9.47 Å². The SMILES string of the molecule is CC=C1OCC(CO)(CO)CO1. The van der Waals surface area contributed by atoms with Gasteiger partial charge in [-0.25, -0.2) is 0 Å². The Morgan fingerprint density at radius 2 is 1.83 bits per heavy atom. The van der Waals surface area contributed by atoms with Gasteiger partial charge in [-0.2, -0.15) is 0 Å². The van der Waals surface area contributed by atoms with E-state index in [1.54, 1.807) is 13.0 Å². The first kappa shape index (κ1) is 9.35. The van der Waals surface area contributed by atoms with Crippen LogP contribution >= 0.6 is 0 Å². The van der Waals surface area contributed by atoms with Crippen LogP contribution in [0.1, 0.15) is 6.92 Å². The minimum Gasteiger partial charge on any atom is -0.465 e. The van der Waals surface area contributed by atoms with Crippen LogP contribution in [0.4, 0.5) is 0 Å². The molecule has 1 fully saturated rings. The van der Waals surface area contributed by atoms with Gasteiger partial charge in [0.2, 0.25) is 0 Å². The van der Waals surface area contributed by atoms with E-state index in [4.69, 9.17) is 19.7 Å². The zero-order chi connectivity index (χ0) is 9.03. The average molecular weight is 174 g/mol. The van der Waals surface area contributed by atoms with E-state index in [-0.39, 0.29) is 13.2 Å². The Balaban J connectivity index is 2.53. The summed E-state index contributed by atoms with van der Waals surface area (Å²) in [5, 5.41) is 17.9. The molecule has 12 heavy (non-hydrogen) atoms. The fraction of sp³-hybridized carbons (Fsp3) is 0.750. The van der Waals surface area contributed by atoms with Crippen molar-refractivity contribution in [1.82, 2.24) is 0 Å². The zero-order valence-electron chi connectivity index (χ0n) is 7.12. The van der Waals surface area contributed by atoms with Crippen molar-refractivity contribution in [2.45, 2.75) is 6.92 Å². The van der Waals surface area contributed by atoms with Crippen LogP contribution in [0, 0.1) is 5.41 Å². The van der Waals surface area contributed by atoms with Gasteiger partial charge in [-0.3, -0.25) is 0 Å². The summed E-state index contributed by atoms with van der Waals surface area (Å²) in [6.45, 7) is 2.17. The highest BCUT2D eigenvalue weighted by molar-refractivity contribution is 4.89. The standard InChI is InChI=1S/C8H14O4/c1-2-7-11-5-8(3-9,4-10)6-12-7/h2,9-10H,3-6H2,1H3. The Kier molecular flexibility index (Phi) is 2.94. The molecule has 0 aromatic rings. The maximum atomic E-state index is 8.96. The lowest BCUT2D eigenvalue weighted by Crippen LogP contribution is -2.42.